The fourth-order valence-corrected chi connectivity index (χ4v) is 5.35. The molecule has 0 aliphatic carbocycles. The van der Waals surface area contributed by atoms with E-state index in [2.05, 4.69) is 22.9 Å². The minimum Gasteiger partial charge on any atom is -0.490 e. The molecular formula is C22H21N3O2S. The molecular weight excluding hydrogens is 370 g/mol. The van der Waals surface area contributed by atoms with Crippen molar-refractivity contribution >= 4 is 21.6 Å². The molecule has 0 amide bonds. The number of thiophene rings is 1. The summed E-state index contributed by atoms with van der Waals surface area (Å²) in [5.41, 5.74) is 1.32. The standard InChI is InChI=1S/C22H21N3O2S/c1-3-19-12-20-21(28-19)22(26)25(13-23-20)14-6-8-17(9-7-14)27-18-10-15-4-5-16(11-18)24(15)2/h1,6-9,12-13,15-16,18H,4-5,10-11H2,2H3. The van der Waals surface area contributed by atoms with Gasteiger partial charge in [0.2, 0.25) is 0 Å². The molecule has 2 aromatic heterocycles. The fourth-order valence-electron chi connectivity index (χ4n) is 4.50. The Hall–Kier alpha value is -2.62. The van der Waals surface area contributed by atoms with E-state index in [1.165, 1.54) is 24.2 Å². The maximum absolute atomic E-state index is 12.8. The zero-order valence-corrected chi connectivity index (χ0v) is 16.5. The summed E-state index contributed by atoms with van der Waals surface area (Å²) in [6.07, 6.45) is 12.0. The van der Waals surface area contributed by atoms with Crippen LogP contribution in [0.25, 0.3) is 15.9 Å². The summed E-state index contributed by atoms with van der Waals surface area (Å²) in [5, 5.41) is 0. The van der Waals surface area contributed by atoms with Gasteiger partial charge in [-0.15, -0.1) is 17.8 Å². The van der Waals surface area contributed by atoms with Crippen molar-refractivity contribution in [2.75, 3.05) is 7.05 Å². The normalized spacial score (nSPS) is 24.4. The van der Waals surface area contributed by atoms with E-state index in [4.69, 9.17) is 11.2 Å². The molecule has 6 heteroatoms. The third-order valence-electron chi connectivity index (χ3n) is 6.05. The number of benzene rings is 1. The average Bonchev–Trinajstić information content (AvgIpc) is 3.21. The summed E-state index contributed by atoms with van der Waals surface area (Å²) in [5.74, 6) is 3.43. The van der Waals surface area contributed by atoms with Gasteiger partial charge in [-0.2, -0.15) is 0 Å². The van der Waals surface area contributed by atoms with Gasteiger partial charge in [-0.3, -0.25) is 9.36 Å². The molecule has 2 bridgehead atoms. The van der Waals surface area contributed by atoms with Gasteiger partial charge in [-0.05, 0) is 63.1 Å². The topological polar surface area (TPSA) is 47.4 Å². The van der Waals surface area contributed by atoms with E-state index in [-0.39, 0.29) is 11.7 Å². The van der Waals surface area contributed by atoms with Crippen molar-refractivity contribution in [2.45, 2.75) is 43.9 Å². The van der Waals surface area contributed by atoms with Gasteiger partial charge in [0.05, 0.1) is 16.1 Å². The van der Waals surface area contributed by atoms with Crippen LogP contribution in [0.1, 0.15) is 30.6 Å². The summed E-state index contributed by atoms with van der Waals surface area (Å²) >= 11 is 1.30. The molecule has 2 aliphatic rings. The van der Waals surface area contributed by atoms with Crippen molar-refractivity contribution in [3.05, 3.63) is 51.9 Å². The Morgan fingerprint density at radius 2 is 1.93 bits per heavy atom. The first-order valence-electron chi connectivity index (χ1n) is 9.59. The van der Waals surface area contributed by atoms with E-state index in [9.17, 15) is 4.79 Å². The van der Waals surface area contributed by atoms with Gasteiger partial charge in [-0.25, -0.2) is 4.98 Å². The highest BCUT2D eigenvalue weighted by Crippen LogP contribution is 2.36. The number of aromatic nitrogens is 2. The first-order chi connectivity index (χ1) is 13.6. The number of nitrogens with zero attached hydrogens (tertiary/aromatic N) is 3. The Morgan fingerprint density at radius 3 is 2.61 bits per heavy atom. The van der Waals surface area contributed by atoms with Crippen molar-refractivity contribution in [3.8, 4) is 23.8 Å². The van der Waals surface area contributed by atoms with E-state index >= 15 is 0 Å². The predicted molar refractivity (Wildman–Crippen MR) is 111 cm³/mol. The molecule has 2 fully saturated rings. The van der Waals surface area contributed by atoms with Gasteiger partial charge in [0.15, 0.2) is 0 Å². The molecule has 5 rings (SSSR count). The largest absolute Gasteiger partial charge is 0.490 e. The summed E-state index contributed by atoms with van der Waals surface area (Å²) in [6, 6.07) is 10.8. The lowest BCUT2D eigenvalue weighted by Gasteiger charge is -2.36. The minimum atomic E-state index is -0.0999. The summed E-state index contributed by atoms with van der Waals surface area (Å²) in [4.78, 5) is 20.4. The van der Waals surface area contributed by atoms with Crippen LogP contribution in [0.2, 0.25) is 0 Å². The lowest BCUT2D eigenvalue weighted by Crippen LogP contribution is -2.43. The maximum Gasteiger partial charge on any atom is 0.275 e. The number of piperidine rings is 1. The summed E-state index contributed by atoms with van der Waals surface area (Å²) in [7, 11) is 2.23. The first-order valence-corrected chi connectivity index (χ1v) is 10.4. The van der Waals surface area contributed by atoms with Crippen molar-refractivity contribution in [1.29, 1.82) is 0 Å². The molecule has 1 aromatic carbocycles. The summed E-state index contributed by atoms with van der Waals surface area (Å²) in [6.45, 7) is 0. The molecule has 2 aliphatic heterocycles. The molecule has 2 atom stereocenters. The molecule has 142 valence electrons. The van der Waals surface area contributed by atoms with Crippen LogP contribution in [0.15, 0.2) is 41.5 Å². The molecule has 2 unspecified atom stereocenters. The minimum absolute atomic E-state index is 0.0999. The van der Waals surface area contributed by atoms with Crippen LogP contribution in [-0.4, -0.2) is 39.7 Å². The molecule has 0 radical (unpaired) electrons. The van der Waals surface area contributed by atoms with E-state index in [0.29, 0.717) is 27.2 Å². The quantitative estimate of drug-likeness (QED) is 0.642. The van der Waals surface area contributed by atoms with E-state index in [1.54, 1.807) is 17.0 Å². The number of hydrogen-bond donors (Lipinski definition) is 0. The lowest BCUT2D eigenvalue weighted by atomic mass is 10.0. The third kappa shape index (κ3) is 2.92. The Balaban J connectivity index is 1.37. The van der Waals surface area contributed by atoms with Crippen molar-refractivity contribution < 1.29 is 4.74 Å². The highest BCUT2D eigenvalue weighted by molar-refractivity contribution is 7.19. The molecule has 28 heavy (non-hydrogen) atoms. The van der Waals surface area contributed by atoms with Crippen LogP contribution in [0.3, 0.4) is 0 Å². The zero-order valence-electron chi connectivity index (χ0n) is 15.7. The van der Waals surface area contributed by atoms with Crippen LogP contribution in [0, 0.1) is 12.3 Å². The average molecular weight is 391 g/mol. The number of hydrogen-bond acceptors (Lipinski definition) is 5. The maximum atomic E-state index is 12.8. The number of ether oxygens (including phenoxy) is 1. The third-order valence-corrected chi connectivity index (χ3v) is 7.10. The van der Waals surface area contributed by atoms with Crippen molar-refractivity contribution in [3.63, 3.8) is 0 Å². The molecule has 5 nitrogen and oxygen atoms in total. The second-order valence-electron chi connectivity index (χ2n) is 7.64. The zero-order chi connectivity index (χ0) is 19.3. The summed E-state index contributed by atoms with van der Waals surface area (Å²) < 4.78 is 8.38. The van der Waals surface area contributed by atoms with E-state index < -0.39 is 0 Å². The van der Waals surface area contributed by atoms with Crippen LogP contribution in [0.4, 0.5) is 0 Å². The molecule has 4 heterocycles. The van der Waals surface area contributed by atoms with Crippen molar-refractivity contribution in [2.24, 2.45) is 0 Å². The van der Waals surface area contributed by atoms with Crippen LogP contribution in [0.5, 0.6) is 5.75 Å². The monoisotopic (exact) mass is 391 g/mol. The molecule has 3 aromatic rings. The fraction of sp³-hybridized carbons (Fsp3) is 0.364. The molecule has 0 N–H and O–H groups in total. The predicted octanol–water partition coefficient (Wildman–Crippen LogP) is 3.43. The van der Waals surface area contributed by atoms with Gasteiger partial charge < -0.3 is 9.64 Å². The second kappa shape index (κ2) is 6.77. The van der Waals surface area contributed by atoms with Gasteiger partial charge in [0, 0.05) is 12.1 Å². The number of rotatable bonds is 3. The number of terminal acetylenes is 1. The van der Waals surface area contributed by atoms with Gasteiger partial charge >= 0.3 is 0 Å². The van der Waals surface area contributed by atoms with E-state index in [0.717, 1.165) is 24.3 Å². The second-order valence-corrected chi connectivity index (χ2v) is 8.70. The SMILES string of the molecule is C#Cc1cc2ncn(-c3ccc(OC4CC5CCC(C4)N5C)cc3)c(=O)c2s1. The van der Waals surface area contributed by atoms with Crippen molar-refractivity contribution in [1.82, 2.24) is 14.5 Å². The molecule has 2 saturated heterocycles. The van der Waals surface area contributed by atoms with Gasteiger partial charge in [0.1, 0.15) is 22.9 Å². The van der Waals surface area contributed by atoms with Crippen LogP contribution in [-0.2, 0) is 0 Å². The highest BCUT2D eigenvalue weighted by Gasteiger charge is 2.39. The lowest BCUT2D eigenvalue weighted by molar-refractivity contribution is 0.0662. The Kier molecular flexibility index (Phi) is 4.22. The Labute approximate surface area is 167 Å². The smallest absolute Gasteiger partial charge is 0.275 e. The van der Waals surface area contributed by atoms with E-state index in [1.807, 2.05) is 24.3 Å². The Bertz CT molecular complexity index is 1110. The Morgan fingerprint density at radius 1 is 1.21 bits per heavy atom. The first kappa shape index (κ1) is 17.5. The van der Waals surface area contributed by atoms with Crippen LogP contribution >= 0.6 is 11.3 Å². The van der Waals surface area contributed by atoms with Gasteiger partial charge in [0.25, 0.3) is 5.56 Å². The highest BCUT2D eigenvalue weighted by atomic mass is 32.1. The molecule has 0 saturated carbocycles. The number of fused-ring (bicyclic) bond motifs is 3. The molecule has 0 spiro atoms. The van der Waals surface area contributed by atoms with Gasteiger partial charge in [-0.1, -0.05) is 5.92 Å². The van der Waals surface area contributed by atoms with Crippen LogP contribution < -0.4 is 10.3 Å².